The molecule has 7 heteroatoms. The van der Waals surface area contributed by atoms with Gasteiger partial charge in [-0.15, -0.1) is 0 Å². The van der Waals surface area contributed by atoms with Crippen LogP contribution in [0.25, 0.3) is 10.9 Å². The van der Waals surface area contributed by atoms with E-state index in [-0.39, 0.29) is 0 Å². The number of anilines is 2. The van der Waals surface area contributed by atoms with Crippen LogP contribution in [0.5, 0.6) is 0 Å². The van der Waals surface area contributed by atoms with E-state index in [1.807, 2.05) is 12.1 Å². The summed E-state index contributed by atoms with van der Waals surface area (Å²) in [5.74, 6) is 0. The summed E-state index contributed by atoms with van der Waals surface area (Å²) in [5.41, 5.74) is 7.24. The number of para-hydroxylation sites is 1. The quantitative estimate of drug-likeness (QED) is 0.374. The molecule has 180 valence electrons. The first-order chi connectivity index (χ1) is 17.2. The Labute approximate surface area is 208 Å². The van der Waals surface area contributed by atoms with E-state index in [1.165, 1.54) is 27.7 Å². The predicted octanol–water partition coefficient (Wildman–Crippen LogP) is 5.07. The van der Waals surface area contributed by atoms with Crippen molar-refractivity contribution in [2.45, 2.75) is 37.9 Å². The summed E-state index contributed by atoms with van der Waals surface area (Å²) < 4.78 is 26.7. The van der Waals surface area contributed by atoms with Crippen molar-refractivity contribution >= 4 is 33.5 Å². The maximum absolute atomic E-state index is 10.9. The van der Waals surface area contributed by atoms with Crippen LogP contribution < -0.4 is 10.0 Å². The first kappa shape index (κ1) is 22.3. The van der Waals surface area contributed by atoms with Gasteiger partial charge in [-0.25, -0.2) is 0 Å². The van der Waals surface area contributed by atoms with Crippen LogP contribution in [0, 0.1) is 0 Å². The highest BCUT2D eigenvalue weighted by atomic mass is 32.2. The monoisotopic (exact) mass is 485 g/mol. The minimum Gasteiger partial charge on any atom is -0.755 e. The molecule has 0 aliphatic carbocycles. The molecule has 0 saturated carbocycles. The number of nitrogens with zero attached hydrogens (tertiary/aromatic N) is 2. The maximum Gasteiger partial charge on any atom is 0.0523 e. The second-order valence-electron chi connectivity index (χ2n) is 9.53. The van der Waals surface area contributed by atoms with Crippen LogP contribution in [-0.4, -0.2) is 37.4 Å². The van der Waals surface area contributed by atoms with Gasteiger partial charge in [0.25, 0.3) is 0 Å². The Bertz CT molecular complexity index is 1350. The molecule has 0 amide bonds. The second-order valence-corrected chi connectivity index (χ2v) is 10.2. The fraction of sp³-hybridized carbons (Fsp3) is 0.286. The van der Waals surface area contributed by atoms with E-state index in [1.54, 1.807) is 12.1 Å². The Kier molecular flexibility index (Phi) is 6.06. The number of aromatic nitrogens is 1. The molecular weight excluding hydrogens is 456 g/mol. The summed E-state index contributed by atoms with van der Waals surface area (Å²) in [6.07, 6.45) is 3.24. The van der Waals surface area contributed by atoms with Crippen LogP contribution >= 0.6 is 0 Å². The van der Waals surface area contributed by atoms with E-state index in [2.05, 4.69) is 74.1 Å². The number of hydrogen-bond donors (Lipinski definition) is 2. The van der Waals surface area contributed by atoms with Crippen molar-refractivity contribution in [2.75, 3.05) is 23.1 Å². The van der Waals surface area contributed by atoms with E-state index >= 15 is 0 Å². The highest BCUT2D eigenvalue weighted by Gasteiger charge is 2.37. The molecule has 4 aromatic rings. The molecule has 6 nitrogen and oxygen atoms in total. The van der Waals surface area contributed by atoms with Crippen molar-refractivity contribution in [3.63, 3.8) is 0 Å². The molecule has 3 aromatic carbocycles. The van der Waals surface area contributed by atoms with E-state index < -0.39 is 11.3 Å². The minimum absolute atomic E-state index is 0.359. The highest BCUT2D eigenvalue weighted by molar-refractivity contribution is 7.80. The molecular formula is C28H29N4O2S-. The molecule has 2 aliphatic rings. The topological polar surface area (TPSA) is 72.4 Å². The Morgan fingerprint density at radius 3 is 2.46 bits per heavy atom. The summed E-state index contributed by atoms with van der Waals surface area (Å²) in [6.45, 7) is 3.06. The average molecular weight is 486 g/mol. The van der Waals surface area contributed by atoms with Crippen molar-refractivity contribution in [1.29, 1.82) is 0 Å². The lowest BCUT2D eigenvalue weighted by molar-refractivity contribution is 0.125. The average Bonchev–Trinajstić information content (AvgIpc) is 3.19. The third kappa shape index (κ3) is 4.47. The first-order valence-electron chi connectivity index (χ1n) is 12.3. The summed E-state index contributed by atoms with van der Waals surface area (Å²) in [7, 11) is 0. The van der Waals surface area contributed by atoms with Crippen molar-refractivity contribution in [1.82, 2.24) is 9.47 Å². The fourth-order valence-corrected chi connectivity index (χ4v) is 6.22. The molecule has 1 aromatic heterocycles. The molecule has 0 spiro atoms. The fourth-order valence-electron chi connectivity index (χ4n) is 5.89. The molecule has 0 radical (unpaired) electrons. The van der Waals surface area contributed by atoms with Gasteiger partial charge in [-0.05, 0) is 60.7 Å². The lowest BCUT2D eigenvalue weighted by Crippen LogP contribution is -2.45. The Balaban J connectivity index is 1.30. The molecule has 2 aliphatic heterocycles. The minimum atomic E-state index is -2.31. The number of benzene rings is 3. The Morgan fingerprint density at radius 1 is 0.914 bits per heavy atom. The Morgan fingerprint density at radius 2 is 1.66 bits per heavy atom. The molecule has 6 rings (SSSR count). The smallest absolute Gasteiger partial charge is 0.0523 e. The lowest BCUT2D eigenvalue weighted by atomic mass is 9.88. The SMILES string of the molecule is O=S([O-])Nc1ccc(NC2CCN3CCc4c(n(Cc5ccccc5)c5ccccc45)C3C2)cc1. The zero-order chi connectivity index (χ0) is 23.8. The summed E-state index contributed by atoms with van der Waals surface area (Å²) in [6, 6.07) is 27.8. The van der Waals surface area contributed by atoms with Crippen LogP contribution in [0.1, 0.15) is 35.7 Å². The normalized spacial score (nSPS) is 20.7. The van der Waals surface area contributed by atoms with Crippen molar-refractivity contribution in [3.05, 3.63) is 95.7 Å². The number of hydrogen-bond acceptors (Lipinski definition) is 4. The van der Waals surface area contributed by atoms with Crippen LogP contribution in [0.15, 0.2) is 78.9 Å². The van der Waals surface area contributed by atoms with Crippen LogP contribution in [0.3, 0.4) is 0 Å². The summed E-state index contributed by atoms with van der Waals surface area (Å²) in [5, 5.41) is 5.11. The van der Waals surface area contributed by atoms with E-state index in [0.29, 0.717) is 17.8 Å². The van der Waals surface area contributed by atoms with E-state index in [4.69, 9.17) is 0 Å². The second kappa shape index (κ2) is 9.49. The van der Waals surface area contributed by atoms with Gasteiger partial charge >= 0.3 is 0 Å². The third-order valence-corrected chi connectivity index (χ3v) is 7.84. The molecule has 3 heterocycles. The van der Waals surface area contributed by atoms with Gasteiger partial charge in [0, 0.05) is 64.9 Å². The van der Waals surface area contributed by atoms with E-state index in [0.717, 1.165) is 44.6 Å². The highest BCUT2D eigenvalue weighted by Crippen LogP contribution is 2.42. The zero-order valence-electron chi connectivity index (χ0n) is 19.5. The van der Waals surface area contributed by atoms with Crippen LogP contribution in [0.4, 0.5) is 11.4 Å². The zero-order valence-corrected chi connectivity index (χ0v) is 20.3. The van der Waals surface area contributed by atoms with Crippen LogP contribution in [-0.2, 0) is 24.2 Å². The number of nitrogens with one attached hydrogen (secondary N) is 2. The lowest BCUT2D eigenvalue weighted by Gasteiger charge is -2.43. The van der Waals surface area contributed by atoms with Gasteiger partial charge in [-0.2, -0.15) is 0 Å². The van der Waals surface area contributed by atoms with Gasteiger partial charge in [0.05, 0.1) is 6.04 Å². The molecule has 0 bridgehead atoms. The molecule has 1 saturated heterocycles. The van der Waals surface area contributed by atoms with Gasteiger partial charge in [-0.3, -0.25) is 9.11 Å². The molecule has 2 N–H and O–H groups in total. The first-order valence-corrected chi connectivity index (χ1v) is 13.3. The van der Waals surface area contributed by atoms with Crippen molar-refractivity contribution < 1.29 is 8.76 Å². The molecule has 1 fully saturated rings. The maximum atomic E-state index is 10.9. The largest absolute Gasteiger partial charge is 0.755 e. The van der Waals surface area contributed by atoms with E-state index in [9.17, 15) is 8.76 Å². The number of rotatable bonds is 6. The third-order valence-electron chi connectivity index (χ3n) is 7.44. The van der Waals surface area contributed by atoms with Crippen molar-refractivity contribution in [2.24, 2.45) is 0 Å². The van der Waals surface area contributed by atoms with Crippen LogP contribution in [0.2, 0.25) is 0 Å². The standard InChI is InChI=1S/C28H30N4O2S/c33-35(34)30-22-12-10-21(11-13-22)29-23-14-16-31-17-15-25-24-8-4-5-9-26(24)32(28(25)27(31)18-23)19-20-6-2-1-3-7-20/h1-13,23,27,29-30H,14-19H2,(H,33,34)/p-1. The molecule has 3 atom stereocenters. The van der Waals surface area contributed by atoms with Gasteiger partial charge in [-0.1, -0.05) is 48.5 Å². The molecule has 35 heavy (non-hydrogen) atoms. The van der Waals surface area contributed by atoms with Gasteiger partial charge < -0.3 is 19.2 Å². The Hall–Kier alpha value is -3.13. The summed E-state index contributed by atoms with van der Waals surface area (Å²) >= 11 is -2.31. The number of fused-ring (bicyclic) bond motifs is 5. The van der Waals surface area contributed by atoms with Gasteiger partial charge in [0.15, 0.2) is 0 Å². The predicted molar refractivity (Wildman–Crippen MR) is 141 cm³/mol. The summed E-state index contributed by atoms with van der Waals surface area (Å²) in [4.78, 5) is 2.66. The van der Waals surface area contributed by atoms with Gasteiger partial charge in [0.1, 0.15) is 0 Å². The number of piperidine rings is 1. The van der Waals surface area contributed by atoms with Gasteiger partial charge in [0.2, 0.25) is 0 Å². The van der Waals surface area contributed by atoms with Crippen molar-refractivity contribution in [3.8, 4) is 0 Å². The molecule has 3 unspecified atom stereocenters.